The Morgan fingerprint density at radius 2 is 1.68 bits per heavy atom. The van der Waals surface area contributed by atoms with Crippen molar-refractivity contribution in [2.75, 3.05) is 26.2 Å². The van der Waals surface area contributed by atoms with Gasteiger partial charge in [-0.15, -0.1) is 0 Å². The minimum absolute atomic E-state index is 0.0114. The van der Waals surface area contributed by atoms with Crippen molar-refractivity contribution in [1.82, 2.24) is 14.5 Å². The molecule has 0 aromatic heterocycles. The van der Waals surface area contributed by atoms with Crippen LogP contribution in [0.1, 0.15) is 42.4 Å². The van der Waals surface area contributed by atoms with Gasteiger partial charge in [-0.1, -0.05) is 53.5 Å². The highest BCUT2D eigenvalue weighted by atomic mass is 35.5. The highest BCUT2D eigenvalue weighted by molar-refractivity contribution is 7.88. The van der Waals surface area contributed by atoms with Crippen LogP contribution in [0, 0.1) is 5.92 Å². The van der Waals surface area contributed by atoms with Crippen molar-refractivity contribution >= 4 is 39.1 Å². The fourth-order valence-electron chi connectivity index (χ4n) is 4.69. The minimum Gasteiger partial charge on any atom is -0.352 e. The Bertz CT molecular complexity index is 1110. The fourth-order valence-corrected chi connectivity index (χ4v) is 6.84. The zero-order valence-electron chi connectivity index (χ0n) is 19.2. The molecule has 0 unspecified atom stereocenters. The molecule has 2 aliphatic rings. The number of nitrogens with zero attached hydrogens (tertiary/aromatic N) is 2. The first-order valence-corrected chi connectivity index (χ1v) is 14.2. The third kappa shape index (κ3) is 6.73. The third-order valence-electron chi connectivity index (χ3n) is 6.63. The molecule has 6 nitrogen and oxygen atoms in total. The van der Waals surface area contributed by atoms with E-state index in [9.17, 15) is 13.2 Å². The number of hydrogen-bond donors (Lipinski definition) is 1. The molecule has 2 saturated heterocycles. The summed E-state index contributed by atoms with van der Waals surface area (Å²) in [7, 11) is -3.52. The van der Waals surface area contributed by atoms with E-state index >= 15 is 0 Å². The molecule has 0 radical (unpaired) electrons. The molecular weight excluding hydrogens is 493 g/mol. The second-order valence-electron chi connectivity index (χ2n) is 9.19. The highest BCUT2D eigenvalue weighted by Crippen LogP contribution is 2.26. The summed E-state index contributed by atoms with van der Waals surface area (Å²) in [5.41, 5.74) is 2.88. The van der Waals surface area contributed by atoms with E-state index < -0.39 is 10.0 Å². The zero-order chi connectivity index (χ0) is 24.1. The van der Waals surface area contributed by atoms with Gasteiger partial charge in [0.15, 0.2) is 0 Å². The summed E-state index contributed by atoms with van der Waals surface area (Å²) in [6, 6.07) is 13.2. The summed E-state index contributed by atoms with van der Waals surface area (Å²) in [6.45, 7) is 4.41. The van der Waals surface area contributed by atoms with Gasteiger partial charge in [-0.05, 0) is 67.6 Å². The smallest absolute Gasteiger partial charge is 0.223 e. The number of carbonyl (C=O) groups excluding carboxylic acids is 1. The van der Waals surface area contributed by atoms with E-state index in [1.807, 2.05) is 12.1 Å². The topological polar surface area (TPSA) is 69.7 Å². The predicted molar refractivity (Wildman–Crippen MR) is 136 cm³/mol. The van der Waals surface area contributed by atoms with Crippen LogP contribution in [0.4, 0.5) is 0 Å². The largest absolute Gasteiger partial charge is 0.352 e. The summed E-state index contributed by atoms with van der Waals surface area (Å²) in [6.07, 6.45) is 3.55. The van der Waals surface area contributed by atoms with Crippen LogP contribution in [-0.4, -0.2) is 49.7 Å². The lowest BCUT2D eigenvalue weighted by atomic mass is 9.97. The number of benzene rings is 2. The van der Waals surface area contributed by atoms with Crippen molar-refractivity contribution < 1.29 is 13.2 Å². The molecule has 2 aromatic carbocycles. The average molecular weight is 525 g/mol. The Kier molecular flexibility index (Phi) is 8.53. The summed E-state index contributed by atoms with van der Waals surface area (Å²) >= 11 is 12.1. The number of amides is 1. The molecular formula is C25H31Cl2N3O3S. The number of rotatable bonds is 8. The first-order valence-electron chi connectivity index (χ1n) is 11.8. The molecule has 0 saturated carbocycles. The van der Waals surface area contributed by atoms with Gasteiger partial charge in [-0.25, -0.2) is 12.7 Å². The number of halogens is 2. The zero-order valence-corrected chi connectivity index (χ0v) is 21.5. The SMILES string of the molecule is O=C(NCc1cccc(CN2CCCC2)c1)C1CCN(S(=O)(=O)Cc2ccc(Cl)cc2Cl)CC1. The van der Waals surface area contributed by atoms with E-state index in [4.69, 9.17) is 23.2 Å². The predicted octanol–water partition coefficient (Wildman–Crippen LogP) is 4.45. The Balaban J connectivity index is 1.25. The fraction of sp³-hybridized carbons (Fsp3) is 0.480. The molecule has 0 bridgehead atoms. The monoisotopic (exact) mass is 523 g/mol. The number of sulfonamides is 1. The van der Waals surface area contributed by atoms with Crippen molar-refractivity contribution in [2.24, 2.45) is 5.92 Å². The molecule has 34 heavy (non-hydrogen) atoms. The maximum Gasteiger partial charge on any atom is 0.223 e. The molecule has 2 fully saturated rings. The van der Waals surface area contributed by atoms with Crippen LogP contribution in [0.25, 0.3) is 0 Å². The quantitative estimate of drug-likeness (QED) is 0.554. The normalized spacial score (nSPS) is 18.3. The Morgan fingerprint density at radius 3 is 2.38 bits per heavy atom. The van der Waals surface area contributed by atoms with E-state index in [0.717, 1.165) is 25.2 Å². The first-order chi connectivity index (χ1) is 16.3. The van der Waals surface area contributed by atoms with Crippen molar-refractivity contribution in [3.63, 3.8) is 0 Å². The van der Waals surface area contributed by atoms with Crippen LogP contribution >= 0.6 is 23.2 Å². The van der Waals surface area contributed by atoms with Gasteiger partial charge in [0.25, 0.3) is 0 Å². The lowest BCUT2D eigenvalue weighted by molar-refractivity contribution is -0.126. The van der Waals surface area contributed by atoms with Gasteiger partial charge in [0.05, 0.1) is 5.75 Å². The standard InChI is InChI=1S/C25H31Cl2N3O3S/c26-23-7-6-22(24(27)15-23)18-34(32,33)30-12-8-21(9-13-30)25(31)28-16-19-4-3-5-20(14-19)17-29-10-1-2-11-29/h3-7,14-15,21H,1-2,8-13,16-18H2,(H,28,31). The second kappa shape index (κ2) is 11.4. The molecule has 2 aliphatic heterocycles. The molecule has 2 heterocycles. The summed E-state index contributed by atoms with van der Waals surface area (Å²) in [5, 5.41) is 3.86. The number of likely N-dealkylation sites (tertiary alicyclic amines) is 1. The number of piperidine rings is 1. The molecule has 0 atom stereocenters. The molecule has 0 spiro atoms. The van der Waals surface area contributed by atoms with Gasteiger partial charge in [0, 0.05) is 42.1 Å². The van der Waals surface area contributed by atoms with Gasteiger partial charge < -0.3 is 5.32 Å². The lowest BCUT2D eigenvalue weighted by Crippen LogP contribution is -2.43. The maximum atomic E-state index is 12.9. The van der Waals surface area contributed by atoms with Gasteiger partial charge in [-0.2, -0.15) is 0 Å². The van der Waals surface area contributed by atoms with Crippen molar-refractivity contribution in [2.45, 2.75) is 44.5 Å². The van der Waals surface area contributed by atoms with Gasteiger partial charge in [0.1, 0.15) is 0 Å². The van der Waals surface area contributed by atoms with Crippen LogP contribution in [0.3, 0.4) is 0 Å². The van der Waals surface area contributed by atoms with E-state index in [-0.39, 0.29) is 17.6 Å². The molecule has 184 valence electrons. The van der Waals surface area contributed by atoms with E-state index in [2.05, 4.69) is 22.3 Å². The van der Waals surface area contributed by atoms with Gasteiger partial charge in [0.2, 0.25) is 15.9 Å². The second-order valence-corrected chi connectivity index (χ2v) is 12.0. The Morgan fingerprint density at radius 1 is 0.971 bits per heavy atom. The van der Waals surface area contributed by atoms with Crippen LogP contribution < -0.4 is 5.32 Å². The van der Waals surface area contributed by atoms with Crippen LogP contribution in [-0.2, 0) is 33.7 Å². The van der Waals surface area contributed by atoms with Gasteiger partial charge in [-0.3, -0.25) is 9.69 Å². The van der Waals surface area contributed by atoms with E-state index in [1.165, 1.54) is 22.7 Å². The minimum atomic E-state index is -3.52. The van der Waals surface area contributed by atoms with Crippen molar-refractivity contribution in [3.05, 3.63) is 69.2 Å². The lowest BCUT2D eigenvalue weighted by Gasteiger charge is -2.30. The van der Waals surface area contributed by atoms with Crippen molar-refractivity contribution in [3.8, 4) is 0 Å². The average Bonchev–Trinajstić information content (AvgIpc) is 3.33. The number of carbonyl (C=O) groups is 1. The van der Waals surface area contributed by atoms with Crippen LogP contribution in [0.15, 0.2) is 42.5 Å². The summed E-state index contributed by atoms with van der Waals surface area (Å²) in [4.78, 5) is 15.2. The molecule has 0 aliphatic carbocycles. The number of nitrogens with one attached hydrogen (secondary N) is 1. The van der Waals surface area contributed by atoms with Crippen LogP contribution in [0.5, 0.6) is 0 Å². The van der Waals surface area contributed by atoms with Gasteiger partial charge >= 0.3 is 0 Å². The number of hydrogen-bond acceptors (Lipinski definition) is 4. The third-order valence-corrected chi connectivity index (χ3v) is 9.05. The molecule has 2 aromatic rings. The molecule has 9 heteroatoms. The van der Waals surface area contributed by atoms with Crippen LogP contribution in [0.2, 0.25) is 10.0 Å². The Hall–Kier alpha value is -1.64. The Labute approximate surface area is 212 Å². The maximum absolute atomic E-state index is 12.9. The summed E-state index contributed by atoms with van der Waals surface area (Å²) < 4.78 is 27.2. The first kappa shape index (κ1) is 25.5. The molecule has 1 amide bonds. The van der Waals surface area contributed by atoms with Crippen molar-refractivity contribution in [1.29, 1.82) is 0 Å². The van der Waals surface area contributed by atoms with E-state index in [0.29, 0.717) is 48.1 Å². The molecule has 1 N–H and O–H groups in total. The highest BCUT2D eigenvalue weighted by Gasteiger charge is 2.31. The summed E-state index contributed by atoms with van der Waals surface area (Å²) in [5.74, 6) is -0.366. The molecule has 4 rings (SSSR count). The van der Waals surface area contributed by atoms with E-state index in [1.54, 1.807) is 18.2 Å².